The first kappa shape index (κ1) is 12.1. The fourth-order valence-electron chi connectivity index (χ4n) is 2.30. The zero-order valence-corrected chi connectivity index (χ0v) is 9.89. The highest BCUT2D eigenvalue weighted by atomic mass is 16.3. The highest BCUT2D eigenvalue weighted by molar-refractivity contribution is 5.31. The molecule has 1 aliphatic rings. The van der Waals surface area contributed by atoms with Crippen molar-refractivity contribution in [3.8, 4) is 6.07 Å². The van der Waals surface area contributed by atoms with Crippen molar-refractivity contribution in [1.29, 1.82) is 5.26 Å². The summed E-state index contributed by atoms with van der Waals surface area (Å²) in [5, 5.41) is 21.9. The second-order valence-corrected chi connectivity index (χ2v) is 4.65. The Hall–Kier alpha value is -1.37. The van der Waals surface area contributed by atoms with Gasteiger partial charge in [-0.3, -0.25) is 0 Å². The summed E-state index contributed by atoms with van der Waals surface area (Å²) in [6.45, 7) is 0.757. The topological polar surface area (TPSA) is 56.0 Å². The van der Waals surface area contributed by atoms with E-state index in [1.165, 1.54) is 6.42 Å². The maximum Gasteiger partial charge on any atom is 0.0991 e. The summed E-state index contributed by atoms with van der Waals surface area (Å²) in [4.78, 5) is 0. The van der Waals surface area contributed by atoms with E-state index in [1.54, 1.807) is 0 Å². The number of nitrogens with one attached hydrogen (secondary N) is 1. The molecule has 17 heavy (non-hydrogen) atoms. The van der Waals surface area contributed by atoms with Gasteiger partial charge in [-0.05, 0) is 30.5 Å². The number of nitriles is 1. The zero-order valence-electron chi connectivity index (χ0n) is 9.89. The third kappa shape index (κ3) is 3.29. The number of aliphatic hydroxyl groups is 1. The molecule has 0 amide bonds. The van der Waals surface area contributed by atoms with Gasteiger partial charge >= 0.3 is 0 Å². The zero-order chi connectivity index (χ0) is 12.1. The summed E-state index contributed by atoms with van der Waals surface area (Å²) < 4.78 is 0. The van der Waals surface area contributed by atoms with E-state index in [0.29, 0.717) is 5.56 Å². The standard InChI is InChI=1S/C14H18N2O/c15-9-11-5-7-12(8-6-11)10-16-13-3-1-2-4-14(13)17/h5-8,13-14,16-17H,1-4,10H2/t13-,14+/m0/s1. The molecule has 0 aromatic heterocycles. The molecule has 1 aliphatic carbocycles. The predicted molar refractivity (Wildman–Crippen MR) is 66.3 cm³/mol. The van der Waals surface area contributed by atoms with Crippen molar-refractivity contribution < 1.29 is 5.11 Å². The molecule has 0 spiro atoms. The lowest BCUT2D eigenvalue weighted by Gasteiger charge is -2.28. The van der Waals surface area contributed by atoms with Crippen molar-refractivity contribution in [2.75, 3.05) is 0 Å². The van der Waals surface area contributed by atoms with Gasteiger partial charge in [-0.1, -0.05) is 25.0 Å². The van der Waals surface area contributed by atoms with Crippen molar-refractivity contribution in [2.45, 2.75) is 44.4 Å². The lowest BCUT2D eigenvalue weighted by molar-refractivity contribution is 0.0902. The van der Waals surface area contributed by atoms with Crippen LogP contribution in [0.5, 0.6) is 0 Å². The summed E-state index contributed by atoms with van der Waals surface area (Å²) >= 11 is 0. The summed E-state index contributed by atoms with van der Waals surface area (Å²) in [6, 6.07) is 9.90. The number of hydrogen-bond acceptors (Lipinski definition) is 3. The number of rotatable bonds is 3. The Morgan fingerprint density at radius 3 is 2.59 bits per heavy atom. The van der Waals surface area contributed by atoms with Crippen molar-refractivity contribution in [2.24, 2.45) is 0 Å². The Kier molecular flexibility index (Phi) is 4.13. The van der Waals surface area contributed by atoms with Gasteiger partial charge in [0, 0.05) is 12.6 Å². The summed E-state index contributed by atoms with van der Waals surface area (Å²) in [5.74, 6) is 0. The Balaban J connectivity index is 1.86. The molecule has 0 unspecified atom stereocenters. The van der Waals surface area contributed by atoms with E-state index in [1.807, 2.05) is 24.3 Å². The molecule has 1 aromatic rings. The molecule has 90 valence electrons. The summed E-state index contributed by atoms with van der Waals surface area (Å²) in [7, 11) is 0. The van der Waals surface area contributed by atoms with Gasteiger partial charge in [0.05, 0.1) is 17.7 Å². The van der Waals surface area contributed by atoms with Crippen LogP contribution in [0.3, 0.4) is 0 Å². The Labute approximate surface area is 102 Å². The van der Waals surface area contributed by atoms with Crippen LogP contribution in [0.2, 0.25) is 0 Å². The number of nitrogens with zero attached hydrogens (tertiary/aromatic N) is 1. The minimum absolute atomic E-state index is 0.206. The first-order valence-electron chi connectivity index (χ1n) is 6.20. The first-order valence-corrected chi connectivity index (χ1v) is 6.20. The molecule has 2 atom stereocenters. The van der Waals surface area contributed by atoms with Gasteiger partial charge in [-0.2, -0.15) is 5.26 Å². The van der Waals surface area contributed by atoms with Crippen molar-refractivity contribution >= 4 is 0 Å². The minimum atomic E-state index is -0.206. The van der Waals surface area contributed by atoms with Crippen LogP contribution in [0, 0.1) is 11.3 Å². The molecule has 0 aliphatic heterocycles. The van der Waals surface area contributed by atoms with Gasteiger partial charge in [0.15, 0.2) is 0 Å². The van der Waals surface area contributed by atoms with Crippen LogP contribution in [-0.2, 0) is 6.54 Å². The lowest BCUT2D eigenvalue weighted by Crippen LogP contribution is -2.41. The van der Waals surface area contributed by atoms with Gasteiger partial charge in [0.25, 0.3) is 0 Å². The van der Waals surface area contributed by atoms with Crippen LogP contribution in [0.25, 0.3) is 0 Å². The van der Waals surface area contributed by atoms with Crippen LogP contribution in [-0.4, -0.2) is 17.3 Å². The van der Waals surface area contributed by atoms with E-state index in [2.05, 4.69) is 11.4 Å². The second kappa shape index (κ2) is 5.81. The molecule has 3 nitrogen and oxygen atoms in total. The average molecular weight is 230 g/mol. The summed E-state index contributed by atoms with van der Waals surface area (Å²) in [6.07, 6.45) is 4.09. The molecular formula is C14H18N2O. The third-order valence-electron chi connectivity index (χ3n) is 3.38. The fraction of sp³-hybridized carbons (Fsp3) is 0.500. The van der Waals surface area contributed by atoms with E-state index in [9.17, 15) is 5.11 Å². The Morgan fingerprint density at radius 1 is 1.24 bits per heavy atom. The van der Waals surface area contributed by atoms with Crippen LogP contribution >= 0.6 is 0 Å². The van der Waals surface area contributed by atoms with Gasteiger partial charge < -0.3 is 10.4 Å². The van der Waals surface area contributed by atoms with Crippen LogP contribution in [0.15, 0.2) is 24.3 Å². The highest BCUT2D eigenvalue weighted by Crippen LogP contribution is 2.18. The maximum atomic E-state index is 9.82. The Morgan fingerprint density at radius 2 is 1.94 bits per heavy atom. The van der Waals surface area contributed by atoms with E-state index in [4.69, 9.17) is 5.26 Å². The maximum absolute atomic E-state index is 9.82. The second-order valence-electron chi connectivity index (χ2n) is 4.65. The van der Waals surface area contributed by atoms with Crippen LogP contribution in [0.1, 0.15) is 36.8 Å². The monoisotopic (exact) mass is 230 g/mol. The average Bonchev–Trinajstić information content (AvgIpc) is 2.38. The molecule has 1 fully saturated rings. The fourth-order valence-corrected chi connectivity index (χ4v) is 2.30. The molecule has 2 rings (SSSR count). The predicted octanol–water partition coefficient (Wildman–Crippen LogP) is 1.95. The van der Waals surface area contributed by atoms with E-state index < -0.39 is 0 Å². The van der Waals surface area contributed by atoms with Crippen LogP contribution < -0.4 is 5.32 Å². The van der Waals surface area contributed by atoms with Crippen molar-refractivity contribution in [3.05, 3.63) is 35.4 Å². The highest BCUT2D eigenvalue weighted by Gasteiger charge is 2.21. The molecule has 3 heteroatoms. The number of benzene rings is 1. The van der Waals surface area contributed by atoms with Gasteiger partial charge in [0.1, 0.15) is 0 Å². The molecular weight excluding hydrogens is 212 g/mol. The number of aliphatic hydroxyl groups excluding tert-OH is 1. The molecule has 0 heterocycles. The van der Waals surface area contributed by atoms with Crippen LogP contribution in [0.4, 0.5) is 0 Å². The van der Waals surface area contributed by atoms with E-state index in [-0.39, 0.29) is 12.1 Å². The van der Waals surface area contributed by atoms with Crippen molar-refractivity contribution in [1.82, 2.24) is 5.32 Å². The first-order chi connectivity index (χ1) is 8.29. The largest absolute Gasteiger partial charge is 0.392 e. The molecule has 0 radical (unpaired) electrons. The summed E-state index contributed by atoms with van der Waals surface area (Å²) in [5.41, 5.74) is 1.84. The molecule has 0 bridgehead atoms. The lowest BCUT2D eigenvalue weighted by atomic mass is 9.92. The van der Waals surface area contributed by atoms with Gasteiger partial charge in [-0.15, -0.1) is 0 Å². The normalized spacial score (nSPS) is 24.2. The van der Waals surface area contributed by atoms with Crippen molar-refractivity contribution in [3.63, 3.8) is 0 Å². The SMILES string of the molecule is N#Cc1ccc(CN[C@H]2CCCC[C@H]2O)cc1. The Bertz CT molecular complexity index is 394. The minimum Gasteiger partial charge on any atom is -0.392 e. The van der Waals surface area contributed by atoms with E-state index >= 15 is 0 Å². The molecule has 1 saturated carbocycles. The third-order valence-corrected chi connectivity index (χ3v) is 3.38. The quantitative estimate of drug-likeness (QED) is 0.834. The molecule has 1 aromatic carbocycles. The van der Waals surface area contributed by atoms with Gasteiger partial charge in [-0.25, -0.2) is 0 Å². The molecule has 2 N–H and O–H groups in total. The van der Waals surface area contributed by atoms with E-state index in [0.717, 1.165) is 31.4 Å². The number of hydrogen-bond donors (Lipinski definition) is 2. The smallest absolute Gasteiger partial charge is 0.0991 e. The molecule has 0 saturated heterocycles. The van der Waals surface area contributed by atoms with Gasteiger partial charge in [0.2, 0.25) is 0 Å².